The van der Waals surface area contributed by atoms with Crippen molar-refractivity contribution in [2.24, 2.45) is 11.1 Å². The predicted molar refractivity (Wildman–Crippen MR) is 213 cm³/mol. The summed E-state index contributed by atoms with van der Waals surface area (Å²) >= 11 is 0. The number of aromatic nitrogens is 6. The maximum Gasteiger partial charge on any atom is 0.350 e. The molecule has 5 aromatic rings. The van der Waals surface area contributed by atoms with E-state index in [9.17, 15) is 18.4 Å². The molecule has 0 amide bonds. The molecule has 2 aliphatic heterocycles. The van der Waals surface area contributed by atoms with Crippen molar-refractivity contribution in [1.82, 2.24) is 29.1 Å². The summed E-state index contributed by atoms with van der Waals surface area (Å²) in [5.74, 6) is -2.76. The molecule has 2 aliphatic rings. The summed E-state index contributed by atoms with van der Waals surface area (Å²) < 4.78 is 56.9. The van der Waals surface area contributed by atoms with Gasteiger partial charge < -0.3 is 34.5 Å². The number of halogens is 3. The van der Waals surface area contributed by atoms with Crippen LogP contribution in [0.25, 0.3) is 5.69 Å². The van der Waals surface area contributed by atoms with Crippen molar-refractivity contribution in [2.75, 3.05) is 55.7 Å². The van der Waals surface area contributed by atoms with Gasteiger partial charge >= 0.3 is 11.7 Å². The average molecular weight is 824 g/mol. The topological polar surface area (TPSA) is 157 Å². The number of piperazine rings is 1. The van der Waals surface area contributed by atoms with Crippen LogP contribution in [0.15, 0.2) is 90.5 Å². The third-order valence-corrected chi connectivity index (χ3v) is 10.1. The van der Waals surface area contributed by atoms with Gasteiger partial charge in [-0.05, 0) is 60.7 Å². The highest BCUT2D eigenvalue weighted by atomic mass is 35.5. The van der Waals surface area contributed by atoms with Crippen LogP contribution >= 0.6 is 12.4 Å². The number of rotatable bonds is 14. The molecule has 0 spiro atoms. The highest BCUT2D eigenvalue weighted by molar-refractivity contribution is 5.85. The Morgan fingerprint density at radius 1 is 0.948 bits per heavy atom. The Morgan fingerprint density at radius 2 is 1.60 bits per heavy atom. The molecule has 0 aliphatic carbocycles. The minimum Gasteiger partial charge on any atom is -0.491 e. The van der Waals surface area contributed by atoms with Gasteiger partial charge in [0.2, 0.25) is 5.79 Å². The maximum absolute atomic E-state index is 14.9. The molecular weight excluding hydrogens is 776 g/mol. The van der Waals surface area contributed by atoms with E-state index in [1.54, 1.807) is 0 Å². The fourth-order valence-corrected chi connectivity index (χ4v) is 6.89. The SMILES string of the molecule is CC(C)(C)C(Cn1ncn(-c2ccc(N3CCN(c4ccc(OCC5CO[C@@](Cn6cncn6)(c6ccc(F)cc6F)O5)cc4)CC3)cc2)c1=O)OC(=O)CCN.Cl. The van der Waals surface area contributed by atoms with Crippen molar-refractivity contribution in [2.45, 2.75) is 58.3 Å². The highest BCUT2D eigenvalue weighted by Gasteiger charge is 2.46. The fourth-order valence-electron chi connectivity index (χ4n) is 6.89. The number of anilines is 2. The quantitative estimate of drug-likeness (QED) is 0.159. The molecule has 15 nitrogen and oxygen atoms in total. The van der Waals surface area contributed by atoms with Gasteiger partial charge in [0.25, 0.3) is 0 Å². The van der Waals surface area contributed by atoms with Crippen LogP contribution in [0.1, 0.15) is 32.8 Å². The zero-order valence-corrected chi connectivity index (χ0v) is 33.4. The molecular formula is C40H48ClF2N9O6. The van der Waals surface area contributed by atoms with Crippen LogP contribution in [0, 0.1) is 17.0 Å². The van der Waals surface area contributed by atoms with Gasteiger partial charge in [-0.15, -0.1) is 12.4 Å². The van der Waals surface area contributed by atoms with E-state index < -0.39 is 41.0 Å². The molecule has 2 fully saturated rings. The molecule has 0 bridgehead atoms. The lowest BCUT2D eigenvalue weighted by molar-refractivity contribution is -0.192. The Balaban J connectivity index is 0.00000567. The first-order valence-corrected chi connectivity index (χ1v) is 18.9. The van der Waals surface area contributed by atoms with Crippen molar-refractivity contribution >= 4 is 29.8 Å². The summed E-state index contributed by atoms with van der Waals surface area (Å²) in [4.78, 5) is 34.0. The Labute approximate surface area is 340 Å². The number of ether oxygens (including phenoxy) is 4. The summed E-state index contributed by atoms with van der Waals surface area (Å²) in [6, 6.07) is 18.9. The third kappa shape index (κ3) is 9.66. The van der Waals surface area contributed by atoms with Crippen molar-refractivity contribution < 1.29 is 32.5 Å². The third-order valence-electron chi connectivity index (χ3n) is 10.1. The molecule has 4 heterocycles. The Morgan fingerprint density at radius 3 is 2.21 bits per heavy atom. The molecule has 58 heavy (non-hydrogen) atoms. The lowest BCUT2D eigenvalue weighted by Gasteiger charge is -2.37. The van der Waals surface area contributed by atoms with Crippen LogP contribution in [-0.2, 0) is 37.9 Å². The molecule has 2 aromatic heterocycles. The molecule has 2 unspecified atom stereocenters. The predicted octanol–water partition coefficient (Wildman–Crippen LogP) is 4.31. The first-order valence-electron chi connectivity index (χ1n) is 18.9. The van der Waals surface area contributed by atoms with E-state index in [1.165, 1.54) is 45.0 Å². The van der Waals surface area contributed by atoms with Crippen LogP contribution in [-0.4, -0.2) is 93.2 Å². The number of hydrogen-bond acceptors (Lipinski definition) is 12. The lowest BCUT2D eigenvalue weighted by atomic mass is 9.89. The van der Waals surface area contributed by atoms with E-state index in [1.807, 2.05) is 69.3 Å². The fraction of sp³-hybridized carbons (Fsp3) is 0.425. The second-order valence-corrected chi connectivity index (χ2v) is 15.2. The van der Waals surface area contributed by atoms with Gasteiger partial charge in [0.15, 0.2) is 0 Å². The molecule has 2 N–H and O–H groups in total. The number of esters is 1. The number of carbonyl (C=O) groups excluding carboxylic acids is 1. The van der Waals surface area contributed by atoms with Crippen molar-refractivity contribution in [3.8, 4) is 11.4 Å². The Hall–Kier alpha value is -5.36. The number of benzene rings is 3. The van der Waals surface area contributed by atoms with Gasteiger partial charge in [0.05, 0.1) is 25.3 Å². The van der Waals surface area contributed by atoms with Gasteiger partial charge in [-0.2, -0.15) is 10.2 Å². The number of nitrogens with zero attached hydrogens (tertiary/aromatic N) is 8. The van der Waals surface area contributed by atoms with E-state index in [4.69, 9.17) is 24.7 Å². The molecule has 3 aromatic carbocycles. The second-order valence-electron chi connectivity index (χ2n) is 15.2. The van der Waals surface area contributed by atoms with E-state index >= 15 is 0 Å². The minimum absolute atomic E-state index is 0. The van der Waals surface area contributed by atoms with Gasteiger partial charge in [0.1, 0.15) is 61.7 Å². The van der Waals surface area contributed by atoms with E-state index in [0.717, 1.165) is 43.6 Å². The first-order chi connectivity index (χ1) is 27.4. The van der Waals surface area contributed by atoms with Crippen molar-refractivity contribution in [3.05, 3.63) is 113 Å². The average Bonchev–Trinajstić information content (AvgIpc) is 3.95. The molecule has 0 saturated carbocycles. The molecule has 7 rings (SSSR count). The normalized spacial score (nSPS) is 18.8. The van der Waals surface area contributed by atoms with Crippen LogP contribution in [0.4, 0.5) is 20.2 Å². The molecule has 0 radical (unpaired) electrons. The van der Waals surface area contributed by atoms with E-state index in [0.29, 0.717) is 11.4 Å². The zero-order chi connectivity index (χ0) is 40.2. The van der Waals surface area contributed by atoms with Crippen molar-refractivity contribution in [3.63, 3.8) is 0 Å². The van der Waals surface area contributed by atoms with Crippen LogP contribution in [0.5, 0.6) is 5.75 Å². The van der Waals surface area contributed by atoms with Gasteiger partial charge in [-0.1, -0.05) is 20.8 Å². The summed E-state index contributed by atoms with van der Waals surface area (Å²) in [5.41, 5.74) is 7.64. The van der Waals surface area contributed by atoms with Crippen LogP contribution in [0.2, 0.25) is 0 Å². The smallest absolute Gasteiger partial charge is 0.350 e. The minimum atomic E-state index is -1.53. The maximum atomic E-state index is 14.9. The van der Waals surface area contributed by atoms with E-state index in [-0.39, 0.29) is 62.9 Å². The van der Waals surface area contributed by atoms with Crippen LogP contribution in [0.3, 0.4) is 0 Å². The number of carbonyl (C=O) groups is 1. The molecule has 310 valence electrons. The zero-order valence-electron chi connectivity index (χ0n) is 32.6. The first kappa shape index (κ1) is 42.3. The van der Waals surface area contributed by atoms with Crippen LogP contribution < -0.4 is 26.0 Å². The summed E-state index contributed by atoms with van der Waals surface area (Å²) in [7, 11) is 0. The van der Waals surface area contributed by atoms with Crippen molar-refractivity contribution in [1.29, 1.82) is 0 Å². The second kappa shape index (κ2) is 18.1. The van der Waals surface area contributed by atoms with Gasteiger partial charge in [-0.3, -0.25) is 4.79 Å². The highest BCUT2D eigenvalue weighted by Crippen LogP contribution is 2.38. The number of nitrogens with two attached hydrogens (primary N) is 1. The molecule has 2 saturated heterocycles. The summed E-state index contributed by atoms with van der Waals surface area (Å²) in [6.07, 6.45) is 3.34. The van der Waals surface area contributed by atoms with Gasteiger partial charge in [-0.25, -0.2) is 32.5 Å². The Bertz CT molecular complexity index is 2170. The lowest BCUT2D eigenvalue weighted by Crippen LogP contribution is -2.46. The largest absolute Gasteiger partial charge is 0.491 e. The summed E-state index contributed by atoms with van der Waals surface area (Å²) in [5, 5.41) is 8.41. The standard InChI is InChI=1S/C40H47F2N9O6.ClH/c1-39(2,3)36(56-37(52)14-15-43)21-51-38(53)50(27-46-51)31-7-5-29(6-8-31)47-16-18-48(19-17-47)30-9-11-32(12-10-30)54-22-33-23-55-40(57-33,24-49-26-44-25-45-49)34-13-4-28(41)20-35(34)42;/h4-13,20,25-27,33,36H,14-19,21-24,43H2,1-3H3;1H/t33?,36?,40-;/m1./s1. The van der Waals surface area contributed by atoms with E-state index in [2.05, 4.69) is 25.0 Å². The molecule has 18 heteroatoms. The monoisotopic (exact) mass is 823 g/mol. The number of hydrogen-bond donors (Lipinski definition) is 1. The summed E-state index contributed by atoms with van der Waals surface area (Å²) in [6.45, 7) is 9.68. The van der Waals surface area contributed by atoms with Gasteiger partial charge in [0, 0.05) is 61.1 Å². The molecule has 3 atom stereocenters. The Kier molecular flexibility index (Phi) is 13.2.